The molecule has 0 aliphatic carbocycles. The molecule has 0 saturated carbocycles. The Kier molecular flexibility index (Phi) is 21.5. The van der Waals surface area contributed by atoms with Crippen LogP contribution in [0.15, 0.2) is 260 Å². The summed E-state index contributed by atoms with van der Waals surface area (Å²) >= 11 is 2.89. The highest BCUT2D eigenvalue weighted by Gasteiger charge is 2.24. The van der Waals surface area contributed by atoms with Gasteiger partial charge in [-0.2, -0.15) is 0 Å². The van der Waals surface area contributed by atoms with Gasteiger partial charge in [0.1, 0.15) is 58.8 Å². The number of fused-ring (bicyclic) bond motifs is 7. The van der Waals surface area contributed by atoms with Crippen molar-refractivity contribution in [2.75, 3.05) is 18.1 Å². The van der Waals surface area contributed by atoms with Gasteiger partial charge in [-0.25, -0.2) is 28.3 Å². The highest BCUT2D eigenvalue weighted by Crippen LogP contribution is 2.48. The first-order valence-electron chi connectivity index (χ1n) is 29.5. The van der Waals surface area contributed by atoms with Crippen LogP contribution in [0.3, 0.4) is 0 Å². The molecule has 95 heavy (non-hydrogen) atoms. The van der Waals surface area contributed by atoms with E-state index in [4.69, 9.17) is 14.2 Å². The molecule has 24 nitrogen and oxygen atoms in total. The third kappa shape index (κ3) is 16.0. The molecule has 1 aliphatic heterocycles. The van der Waals surface area contributed by atoms with Crippen molar-refractivity contribution in [1.82, 2.24) is 80.3 Å². The van der Waals surface area contributed by atoms with E-state index in [1.54, 1.807) is 57.4 Å². The van der Waals surface area contributed by atoms with E-state index in [9.17, 15) is 19.2 Å². The Labute approximate surface area is 551 Å². The molecular formula is C69H59N17O7S2. The third-order valence-corrected chi connectivity index (χ3v) is 15.9. The number of rotatable bonds is 15. The molecule has 0 spiro atoms. The lowest BCUT2D eigenvalue weighted by Crippen LogP contribution is -2.24. The van der Waals surface area contributed by atoms with Crippen LogP contribution >= 0.6 is 23.5 Å². The Balaban J connectivity index is 0.000000123. The van der Waals surface area contributed by atoms with Gasteiger partial charge in [0.2, 0.25) is 5.91 Å². The molecule has 9 aromatic carbocycles. The number of nitrogens with one attached hydrogen (secondary N) is 1. The van der Waals surface area contributed by atoms with E-state index in [0.29, 0.717) is 53.7 Å². The zero-order chi connectivity index (χ0) is 65.7. The Hall–Kier alpha value is -12.2. The van der Waals surface area contributed by atoms with Gasteiger partial charge in [0.05, 0.1) is 51.5 Å². The number of para-hydroxylation sites is 8. The van der Waals surface area contributed by atoms with Crippen LogP contribution in [-0.4, -0.2) is 111 Å². The van der Waals surface area contributed by atoms with E-state index in [-0.39, 0.29) is 30.3 Å². The first-order chi connectivity index (χ1) is 46.7. The number of ether oxygens (including phenoxy) is 3. The molecule has 0 unspecified atom stereocenters. The minimum Gasteiger partial charge on any atom is -0.470 e. The lowest BCUT2D eigenvalue weighted by Gasteiger charge is -2.32. The number of aromatic nitrogens is 15. The van der Waals surface area contributed by atoms with Gasteiger partial charge in [-0.3, -0.25) is 9.59 Å². The number of thioether (sulfide) groups is 1. The van der Waals surface area contributed by atoms with Crippen LogP contribution in [0, 0.1) is 0 Å². The summed E-state index contributed by atoms with van der Waals surface area (Å²) in [4.78, 5) is 51.1. The molecule has 5 aromatic heterocycles. The number of benzene rings is 9. The fraction of sp³-hybridized carbons (Fsp3) is 0.101. The minimum atomic E-state index is -0.552. The second-order valence-electron chi connectivity index (χ2n) is 20.1. The van der Waals surface area contributed by atoms with E-state index >= 15 is 0 Å². The number of ketones is 1. The molecule has 474 valence electrons. The summed E-state index contributed by atoms with van der Waals surface area (Å²) in [6.45, 7) is 10.3. The zero-order valence-electron chi connectivity index (χ0n) is 51.0. The fourth-order valence-electron chi connectivity index (χ4n) is 9.50. The average Bonchev–Trinajstić information content (AvgIpc) is 1.18. The molecule has 14 aromatic rings. The summed E-state index contributed by atoms with van der Waals surface area (Å²) in [5.41, 5.74) is 12.0. The smallest absolute Gasteiger partial charge is 0.437 e. The maximum Gasteiger partial charge on any atom is 0.437 e. The highest BCUT2D eigenvalue weighted by atomic mass is 32.2. The van der Waals surface area contributed by atoms with E-state index < -0.39 is 6.09 Å². The number of carbonyl (C=O) groups excluding carboxylic acids is 4. The maximum atomic E-state index is 12.7. The van der Waals surface area contributed by atoms with Crippen molar-refractivity contribution in [1.29, 1.82) is 0 Å². The molecular weight excluding hydrogens is 1240 g/mol. The van der Waals surface area contributed by atoms with Crippen LogP contribution in [0.5, 0.6) is 5.75 Å². The molecule has 0 fully saturated rings. The number of hydrogen-bond donors (Lipinski definition) is 1. The van der Waals surface area contributed by atoms with Gasteiger partial charge in [0.25, 0.3) is 0 Å². The Bertz CT molecular complexity index is 4930. The lowest BCUT2D eigenvalue weighted by atomic mass is 10.0. The summed E-state index contributed by atoms with van der Waals surface area (Å²) in [5.74, 6) is 0.643. The quantitative estimate of drug-likeness (QED) is 0.0432. The maximum absolute atomic E-state index is 12.7. The van der Waals surface area contributed by atoms with E-state index in [2.05, 4.69) is 130 Å². The number of anilines is 2. The van der Waals surface area contributed by atoms with E-state index in [1.807, 2.05) is 150 Å². The average molecular weight is 1300 g/mol. The fourth-order valence-corrected chi connectivity index (χ4v) is 11.2. The number of amides is 1. The molecule has 6 heterocycles. The van der Waals surface area contributed by atoms with Crippen LogP contribution in [-0.2, 0) is 40.2 Å². The predicted molar refractivity (Wildman–Crippen MR) is 364 cm³/mol. The van der Waals surface area contributed by atoms with Crippen molar-refractivity contribution in [3.63, 3.8) is 0 Å². The van der Waals surface area contributed by atoms with Crippen LogP contribution in [0.1, 0.15) is 22.8 Å². The summed E-state index contributed by atoms with van der Waals surface area (Å²) in [6, 6.07) is 71.5. The van der Waals surface area contributed by atoms with Gasteiger partial charge in [-0.05, 0) is 122 Å². The van der Waals surface area contributed by atoms with Crippen molar-refractivity contribution in [2.24, 2.45) is 0 Å². The SMILES string of the molecule is C=CC(=O)NCn1nnc2ccccc21.C=CCOC(=O)n1nnc2ccccc21.CCOC(=O)SCn1nnc2ccccc21.O=C(c1ccccc1)c1ccccc1OCn1nnc2ccccc21.c1ccc2c(c1)Sc1ccccc1N2Cn1nnc2ccccc21. The molecule has 1 N–H and O–H groups in total. The normalized spacial score (nSPS) is 11.1. The standard InChI is InChI=1S/C20H15N3O2.C19H14N4S.C10H10N4O.C10H11N3O2S.C10H9N3O2/c24-20(15-8-2-1-3-9-15)16-10-4-7-13-19(16)25-14-23-18-12-6-5-11-17(18)21-22-23;1-2-8-15-14(7-1)20-21-23(15)13-22-16-9-3-5-11-18(16)24-19-12-6-4-10-17(19)22;1-2-10(15)11-7-14-9-6-4-3-5-8(9)12-13-14;1-2-15-10(14)16-7-13-9-6-4-3-5-8(9)11-12-13;1-2-7-15-10(14)13-9-6-4-3-5-8(9)11-12-13/h1-13H,14H2;1-12H,13H2;2-6H,1,7H2,(H,11,15);3-6H,2,7H2,1H3;2-6H,1,7H2. The molecule has 0 saturated heterocycles. The van der Waals surface area contributed by atoms with Crippen molar-refractivity contribution in [3.8, 4) is 5.75 Å². The predicted octanol–water partition coefficient (Wildman–Crippen LogP) is 13.0. The molecule has 0 bridgehead atoms. The number of hydrogen-bond acceptors (Lipinski definition) is 20. The van der Waals surface area contributed by atoms with E-state index in [0.717, 1.165) is 60.6 Å². The Morgan fingerprint density at radius 1 is 0.505 bits per heavy atom. The summed E-state index contributed by atoms with van der Waals surface area (Å²) in [6.07, 6.45) is 2.17. The van der Waals surface area contributed by atoms with Gasteiger partial charge >= 0.3 is 11.4 Å². The number of nitrogens with zero attached hydrogens (tertiary/aromatic N) is 16. The van der Waals surface area contributed by atoms with Gasteiger partial charge in [-0.1, -0.05) is 184 Å². The van der Waals surface area contributed by atoms with Gasteiger partial charge in [-0.15, -0.1) is 30.2 Å². The van der Waals surface area contributed by atoms with Crippen molar-refractivity contribution < 1.29 is 33.4 Å². The van der Waals surface area contributed by atoms with Crippen LogP contribution in [0.25, 0.3) is 55.2 Å². The number of carbonyl (C=O) groups is 4. The Morgan fingerprint density at radius 2 is 0.968 bits per heavy atom. The second-order valence-corrected chi connectivity index (χ2v) is 22.1. The monoisotopic (exact) mass is 1300 g/mol. The van der Waals surface area contributed by atoms with Crippen LogP contribution in [0.4, 0.5) is 21.0 Å². The molecule has 1 amide bonds. The van der Waals surface area contributed by atoms with Crippen molar-refractivity contribution in [3.05, 3.63) is 261 Å². The third-order valence-electron chi connectivity index (χ3n) is 14.0. The van der Waals surface area contributed by atoms with Gasteiger partial charge in [0, 0.05) is 15.4 Å². The topological polar surface area (TPSA) is 265 Å². The summed E-state index contributed by atoms with van der Waals surface area (Å²) in [5, 5.41) is 42.5. The lowest BCUT2D eigenvalue weighted by molar-refractivity contribution is -0.117. The molecule has 0 atom stereocenters. The first-order valence-corrected chi connectivity index (χ1v) is 31.3. The van der Waals surface area contributed by atoms with Gasteiger partial charge in [0.15, 0.2) is 12.5 Å². The van der Waals surface area contributed by atoms with E-state index in [1.165, 1.54) is 33.3 Å². The summed E-state index contributed by atoms with van der Waals surface area (Å²) in [7, 11) is 0. The van der Waals surface area contributed by atoms with Gasteiger partial charge < -0.3 is 24.4 Å². The van der Waals surface area contributed by atoms with Crippen LogP contribution < -0.4 is 15.0 Å². The second kappa shape index (κ2) is 31.7. The molecule has 26 heteroatoms. The Morgan fingerprint density at radius 3 is 1.56 bits per heavy atom. The summed E-state index contributed by atoms with van der Waals surface area (Å²) < 4.78 is 23.6. The first kappa shape index (κ1) is 64.4. The highest BCUT2D eigenvalue weighted by molar-refractivity contribution is 8.12. The van der Waals surface area contributed by atoms with Crippen molar-refractivity contribution >= 4 is 113 Å². The van der Waals surface area contributed by atoms with Crippen molar-refractivity contribution in [2.45, 2.75) is 42.7 Å². The largest absolute Gasteiger partial charge is 0.470 e. The molecule has 1 aliphatic rings. The minimum absolute atomic E-state index is 0.0698. The van der Waals surface area contributed by atoms with Crippen LogP contribution in [0.2, 0.25) is 0 Å². The molecule has 15 rings (SSSR count). The molecule has 0 radical (unpaired) electrons. The zero-order valence-corrected chi connectivity index (χ0v) is 52.6.